The number of benzene rings is 2. The fourth-order valence-electron chi connectivity index (χ4n) is 2.60. The van der Waals surface area contributed by atoms with Gasteiger partial charge in [-0.05, 0) is 55.7 Å². The average molecular weight is 433 g/mol. The van der Waals surface area contributed by atoms with E-state index in [1.54, 1.807) is 18.9 Å². The summed E-state index contributed by atoms with van der Waals surface area (Å²) in [5, 5.41) is 8.57. The highest BCUT2D eigenvalue weighted by molar-refractivity contribution is 7.73. The van der Waals surface area contributed by atoms with E-state index in [4.69, 9.17) is 26.4 Å². The number of nitrogens with zero attached hydrogens (tertiary/aromatic N) is 3. The third kappa shape index (κ3) is 5.93. The third-order valence-electron chi connectivity index (χ3n) is 4.13. The molecule has 9 heteroatoms. The zero-order valence-corrected chi connectivity index (χ0v) is 18.3. The summed E-state index contributed by atoms with van der Waals surface area (Å²) >= 11 is 6.88. The molecule has 0 atom stereocenters. The Morgan fingerprint density at radius 1 is 1.07 bits per heavy atom. The van der Waals surface area contributed by atoms with Crippen molar-refractivity contribution in [2.75, 3.05) is 39.7 Å². The molecule has 3 aromatic rings. The first-order valence-corrected chi connectivity index (χ1v) is 10.2. The molecular formula is C20H24N4O3S2. The number of anilines is 2. The minimum atomic E-state index is 0.562. The molecule has 7 nitrogen and oxygen atoms in total. The Hall–Kier alpha value is -2.62. The molecule has 0 fully saturated rings. The fraction of sp³-hybridized carbons (Fsp3) is 0.300. The molecule has 1 N–H and O–H groups in total. The molecule has 0 unspecified atom stereocenters. The monoisotopic (exact) mass is 432 g/mol. The number of hydrogen-bond donors (Lipinski definition) is 1. The quantitative estimate of drug-likeness (QED) is 0.476. The van der Waals surface area contributed by atoms with Crippen LogP contribution in [0.2, 0.25) is 0 Å². The van der Waals surface area contributed by atoms with Crippen LogP contribution in [-0.4, -0.2) is 49.1 Å². The molecule has 0 saturated heterocycles. The number of para-hydroxylation sites is 2. The van der Waals surface area contributed by atoms with Crippen molar-refractivity contribution >= 4 is 34.4 Å². The second kappa shape index (κ2) is 10.2. The van der Waals surface area contributed by atoms with Crippen molar-refractivity contribution in [2.24, 2.45) is 0 Å². The Balaban J connectivity index is 1.52. The Morgan fingerprint density at radius 2 is 1.79 bits per heavy atom. The number of aromatic nitrogens is 2. The van der Waals surface area contributed by atoms with Crippen LogP contribution in [0.4, 0.5) is 10.8 Å². The van der Waals surface area contributed by atoms with Gasteiger partial charge in [0, 0.05) is 6.54 Å². The first-order valence-electron chi connectivity index (χ1n) is 9.02. The third-order valence-corrected chi connectivity index (χ3v) is 5.35. The minimum Gasteiger partial charge on any atom is -0.497 e. The Labute approximate surface area is 179 Å². The van der Waals surface area contributed by atoms with E-state index in [-0.39, 0.29) is 0 Å². The van der Waals surface area contributed by atoms with Crippen LogP contribution < -0.4 is 19.5 Å². The van der Waals surface area contributed by atoms with Gasteiger partial charge in [-0.3, -0.25) is 4.90 Å². The highest BCUT2D eigenvalue weighted by Gasteiger charge is 2.09. The van der Waals surface area contributed by atoms with Gasteiger partial charge in [0.1, 0.15) is 23.9 Å². The topological polar surface area (TPSA) is 60.8 Å². The summed E-state index contributed by atoms with van der Waals surface area (Å²) in [4.78, 5) is 2.10. The maximum atomic E-state index is 5.78. The summed E-state index contributed by atoms with van der Waals surface area (Å²) in [6.45, 7) is 1.88. The van der Waals surface area contributed by atoms with E-state index in [0.29, 0.717) is 17.2 Å². The van der Waals surface area contributed by atoms with Crippen molar-refractivity contribution in [1.82, 2.24) is 14.7 Å². The number of rotatable bonds is 10. The molecule has 154 valence electrons. The molecule has 0 aliphatic heterocycles. The molecular weight excluding hydrogens is 408 g/mol. The van der Waals surface area contributed by atoms with Crippen LogP contribution in [0.3, 0.4) is 0 Å². The molecule has 0 saturated carbocycles. The van der Waals surface area contributed by atoms with E-state index in [1.165, 1.54) is 11.3 Å². The predicted molar refractivity (Wildman–Crippen MR) is 118 cm³/mol. The predicted octanol–water partition coefficient (Wildman–Crippen LogP) is 4.40. The fourth-order valence-corrected chi connectivity index (χ4v) is 3.60. The van der Waals surface area contributed by atoms with E-state index >= 15 is 0 Å². The standard InChI is InChI=1S/C20H24N4O3S2/c1-23(12-13-27-16-10-8-15(25-2)9-11-16)14-24-20(28)29-19(22-24)21-17-6-4-5-7-18(17)26-3/h4-11H,12-14H2,1-3H3,(H,21,22). The van der Waals surface area contributed by atoms with Crippen LogP contribution in [0.5, 0.6) is 17.2 Å². The SMILES string of the molecule is COc1ccc(OCCN(C)Cn2nc(Nc3ccccc3OC)sc2=S)cc1. The number of nitrogens with one attached hydrogen (secondary N) is 1. The number of ether oxygens (including phenoxy) is 3. The number of hydrogen-bond acceptors (Lipinski definition) is 8. The van der Waals surface area contributed by atoms with Crippen molar-refractivity contribution in [3.8, 4) is 17.2 Å². The summed E-state index contributed by atoms with van der Waals surface area (Å²) in [5.74, 6) is 2.38. The molecule has 1 aromatic heterocycles. The summed E-state index contributed by atoms with van der Waals surface area (Å²) in [5.41, 5.74) is 0.854. The van der Waals surface area contributed by atoms with Crippen molar-refractivity contribution in [2.45, 2.75) is 6.67 Å². The molecule has 0 aliphatic carbocycles. The Morgan fingerprint density at radius 3 is 2.52 bits per heavy atom. The van der Waals surface area contributed by atoms with Crippen LogP contribution in [0.15, 0.2) is 48.5 Å². The first kappa shape index (κ1) is 21.1. The van der Waals surface area contributed by atoms with E-state index in [1.807, 2.05) is 55.6 Å². The summed E-state index contributed by atoms with van der Waals surface area (Å²) in [6, 6.07) is 15.3. The van der Waals surface area contributed by atoms with Gasteiger partial charge in [0.25, 0.3) is 0 Å². The van der Waals surface area contributed by atoms with Gasteiger partial charge in [0.15, 0.2) is 3.95 Å². The molecule has 0 bridgehead atoms. The van der Waals surface area contributed by atoms with Gasteiger partial charge < -0.3 is 19.5 Å². The number of methoxy groups -OCH3 is 2. The lowest BCUT2D eigenvalue weighted by Crippen LogP contribution is -2.27. The first-order chi connectivity index (χ1) is 14.1. The Bertz CT molecular complexity index is 972. The van der Waals surface area contributed by atoms with Crippen molar-refractivity contribution in [1.29, 1.82) is 0 Å². The van der Waals surface area contributed by atoms with Crippen molar-refractivity contribution < 1.29 is 14.2 Å². The van der Waals surface area contributed by atoms with Crippen LogP contribution in [-0.2, 0) is 6.67 Å². The Kier molecular flexibility index (Phi) is 7.45. The lowest BCUT2D eigenvalue weighted by atomic mass is 10.3. The molecule has 0 radical (unpaired) electrons. The smallest absolute Gasteiger partial charge is 0.209 e. The van der Waals surface area contributed by atoms with Gasteiger partial charge in [0.2, 0.25) is 5.13 Å². The van der Waals surface area contributed by atoms with Gasteiger partial charge in [-0.1, -0.05) is 23.5 Å². The van der Waals surface area contributed by atoms with Crippen LogP contribution in [0, 0.1) is 3.95 Å². The van der Waals surface area contributed by atoms with Crippen molar-refractivity contribution in [3.05, 3.63) is 52.5 Å². The van der Waals surface area contributed by atoms with E-state index in [0.717, 1.165) is 34.6 Å². The highest BCUT2D eigenvalue weighted by Crippen LogP contribution is 2.28. The maximum absolute atomic E-state index is 5.78. The zero-order chi connectivity index (χ0) is 20.6. The van der Waals surface area contributed by atoms with Gasteiger partial charge in [-0.2, -0.15) is 0 Å². The largest absolute Gasteiger partial charge is 0.497 e. The maximum Gasteiger partial charge on any atom is 0.209 e. The van der Waals surface area contributed by atoms with Gasteiger partial charge in [-0.15, -0.1) is 5.10 Å². The second-order valence-corrected chi connectivity index (χ2v) is 7.87. The van der Waals surface area contributed by atoms with E-state index in [2.05, 4.69) is 15.3 Å². The normalized spacial score (nSPS) is 10.8. The molecule has 0 amide bonds. The minimum absolute atomic E-state index is 0.562. The van der Waals surface area contributed by atoms with Crippen LogP contribution in [0.25, 0.3) is 0 Å². The molecule has 2 aromatic carbocycles. The summed E-state index contributed by atoms with van der Waals surface area (Å²) in [6.07, 6.45) is 0. The van der Waals surface area contributed by atoms with Crippen molar-refractivity contribution in [3.63, 3.8) is 0 Å². The van der Waals surface area contributed by atoms with Gasteiger partial charge in [0.05, 0.1) is 26.6 Å². The highest BCUT2D eigenvalue weighted by atomic mass is 32.1. The number of likely N-dealkylation sites (N-methyl/N-ethyl adjacent to an activating group) is 1. The van der Waals surface area contributed by atoms with Crippen LogP contribution in [0.1, 0.15) is 0 Å². The molecule has 3 rings (SSSR count). The molecule has 29 heavy (non-hydrogen) atoms. The summed E-state index contributed by atoms with van der Waals surface area (Å²) < 4.78 is 18.8. The average Bonchev–Trinajstić information content (AvgIpc) is 3.07. The lowest BCUT2D eigenvalue weighted by molar-refractivity contribution is 0.198. The van der Waals surface area contributed by atoms with Crippen LogP contribution >= 0.6 is 23.6 Å². The molecule has 1 heterocycles. The summed E-state index contributed by atoms with van der Waals surface area (Å²) in [7, 11) is 5.29. The zero-order valence-electron chi connectivity index (χ0n) is 16.6. The van der Waals surface area contributed by atoms with E-state index in [9.17, 15) is 0 Å². The van der Waals surface area contributed by atoms with Gasteiger partial charge >= 0.3 is 0 Å². The van der Waals surface area contributed by atoms with Gasteiger partial charge in [-0.25, -0.2) is 4.68 Å². The lowest BCUT2D eigenvalue weighted by Gasteiger charge is -2.16. The van der Waals surface area contributed by atoms with E-state index < -0.39 is 0 Å². The molecule has 0 aliphatic rings. The second-order valence-electron chi connectivity index (χ2n) is 6.24. The molecule has 0 spiro atoms.